The minimum Gasteiger partial charge on any atom is -0.480 e. The lowest BCUT2D eigenvalue weighted by Crippen LogP contribution is -2.62. The summed E-state index contributed by atoms with van der Waals surface area (Å²) >= 11 is 0. The Bertz CT molecular complexity index is 623. The number of nitrogens with two attached hydrogens (primary N) is 1. The molecular formula is C20H38N4O7. The molecule has 0 aromatic heterocycles. The highest BCUT2D eigenvalue weighted by molar-refractivity contribution is 5.94. The summed E-state index contributed by atoms with van der Waals surface area (Å²) in [7, 11) is 0. The summed E-state index contributed by atoms with van der Waals surface area (Å²) in [4.78, 5) is 48.8. The van der Waals surface area contributed by atoms with Crippen molar-refractivity contribution < 1.29 is 34.5 Å². The number of aliphatic hydroxyl groups excluding tert-OH is 2. The molecule has 0 fully saturated rings. The van der Waals surface area contributed by atoms with Crippen LogP contribution in [-0.2, 0) is 19.2 Å². The topological polar surface area (TPSA) is 191 Å². The van der Waals surface area contributed by atoms with E-state index in [4.69, 9.17) is 5.73 Å². The fourth-order valence-electron chi connectivity index (χ4n) is 2.88. The quantitative estimate of drug-likeness (QED) is 0.182. The van der Waals surface area contributed by atoms with Gasteiger partial charge in [-0.3, -0.25) is 14.4 Å². The Balaban J connectivity index is 5.34. The molecule has 11 nitrogen and oxygen atoms in total. The molecule has 0 aliphatic carbocycles. The van der Waals surface area contributed by atoms with Crippen LogP contribution in [0.25, 0.3) is 0 Å². The van der Waals surface area contributed by atoms with Crippen LogP contribution < -0.4 is 21.7 Å². The zero-order chi connectivity index (χ0) is 24.5. The molecule has 0 aliphatic rings. The second-order valence-electron chi connectivity index (χ2n) is 8.72. The zero-order valence-corrected chi connectivity index (χ0v) is 19.1. The molecule has 0 aromatic carbocycles. The van der Waals surface area contributed by atoms with Crippen LogP contribution in [0.3, 0.4) is 0 Å². The van der Waals surface area contributed by atoms with E-state index in [2.05, 4.69) is 16.0 Å². The van der Waals surface area contributed by atoms with Gasteiger partial charge in [0.2, 0.25) is 17.7 Å². The molecule has 0 spiro atoms. The van der Waals surface area contributed by atoms with Crippen LogP contribution in [-0.4, -0.2) is 75.4 Å². The molecule has 0 saturated heterocycles. The van der Waals surface area contributed by atoms with Gasteiger partial charge in [-0.1, -0.05) is 27.7 Å². The van der Waals surface area contributed by atoms with Gasteiger partial charge in [-0.15, -0.1) is 0 Å². The standard InChI is InChI=1S/C20H38N4O7/c1-9(2)7-13(21)17(27)23-16(12(6)26)19(29)24-15(11(5)25)18(28)22-14(20(30)31)8-10(3)4/h9-16,25-26H,7-8,21H2,1-6H3,(H,22,28)(H,23,27)(H,24,29)(H,30,31). The molecular weight excluding hydrogens is 408 g/mol. The van der Waals surface area contributed by atoms with E-state index >= 15 is 0 Å². The lowest BCUT2D eigenvalue weighted by Gasteiger charge is -2.28. The lowest BCUT2D eigenvalue weighted by molar-refractivity contribution is -0.143. The van der Waals surface area contributed by atoms with Gasteiger partial charge in [-0.05, 0) is 38.5 Å². The van der Waals surface area contributed by atoms with Gasteiger partial charge in [-0.2, -0.15) is 0 Å². The minimum absolute atomic E-state index is 0.0223. The van der Waals surface area contributed by atoms with Gasteiger partial charge in [-0.25, -0.2) is 4.79 Å². The molecule has 0 heterocycles. The average Bonchev–Trinajstić information content (AvgIpc) is 2.61. The Morgan fingerprint density at radius 2 is 1.10 bits per heavy atom. The van der Waals surface area contributed by atoms with Crippen LogP contribution in [0.4, 0.5) is 0 Å². The number of carboxylic acids is 1. The zero-order valence-electron chi connectivity index (χ0n) is 19.1. The van der Waals surface area contributed by atoms with E-state index in [-0.39, 0.29) is 18.3 Å². The number of aliphatic carboxylic acids is 1. The van der Waals surface area contributed by atoms with Crippen molar-refractivity contribution in [3.05, 3.63) is 0 Å². The first-order valence-corrected chi connectivity index (χ1v) is 10.4. The maximum atomic E-state index is 12.6. The maximum absolute atomic E-state index is 12.6. The number of rotatable bonds is 13. The Labute approximate surface area is 183 Å². The molecule has 0 saturated carbocycles. The normalized spacial score (nSPS) is 17.3. The summed E-state index contributed by atoms with van der Waals surface area (Å²) in [6.45, 7) is 9.85. The van der Waals surface area contributed by atoms with E-state index in [1.165, 1.54) is 13.8 Å². The van der Waals surface area contributed by atoms with Crippen molar-refractivity contribution in [1.82, 2.24) is 16.0 Å². The number of aliphatic hydroxyl groups is 2. The number of hydrogen-bond donors (Lipinski definition) is 7. The summed E-state index contributed by atoms with van der Waals surface area (Å²) in [5.41, 5.74) is 5.80. The van der Waals surface area contributed by atoms with Gasteiger partial charge >= 0.3 is 5.97 Å². The summed E-state index contributed by atoms with van der Waals surface area (Å²) in [5.74, 6) is -3.59. The summed E-state index contributed by atoms with van der Waals surface area (Å²) < 4.78 is 0. The highest BCUT2D eigenvalue weighted by Gasteiger charge is 2.34. The van der Waals surface area contributed by atoms with Crippen molar-refractivity contribution >= 4 is 23.7 Å². The lowest BCUT2D eigenvalue weighted by atomic mass is 10.0. The SMILES string of the molecule is CC(C)CC(N)C(=O)NC(C(=O)NC(C(=O)NC(CC(C)C)C(=O)O)C(C)O)C(C)O. The third kappa shape index (κ3) is 10.6. The first kappa shape index (κ1) is 28.8. The first-order chi connectivity index (χ1) is 14.2. The van der Waals surface area contributed by atoms with Crippen molar-refractivity contribution in [3.63, 3.8) is 0 Å². The number of carboxylic acid groups (broad SMARTS) is 1. The predicted molar refractivity (Wildman–Crippen MR) is 114 cm³/mol. The van der Waals surface area contributed by atoms with Crippen molar-refractivity contribution in [2.45, 2.75) is 90.8 Å². The van der Waals surface area contributed by atoms with Crippen LogP contribution in [0, 0.1) is 11.8 Å². The Morgan fingerprint density at radius 3 is 1.45 bits per heavy atom. The number of amides is 3. The van der Waals surface area contributed by atoms with E-state index < -0.39 is 60.1 Å². The van der Waals surface area contributed by atoms with E-state index in [1.807, 2.05) is 13.8 Å². The van der Waals surface area contributed by atoms with Gasteiger partial charge in [0.05, 0.1) is 18.2 Å². The third-order valence-corrected chi connectivity index (χ3v) is 4.51. The van der Waals surface area contributed by atoms with Crippen molar-refractivity contribution in [2.75, 3.05) is 0 Å². The van der Waals surface area contributed by atoms with Gasteiger partial charge in [0, 0.05) is 0 Å². The molecule has 0 radical (unpaired) electrons. The minimum atomic E-state index is -1.50. The number of carbonyl (C=O) groups is 4. The molecule has 8 N–H and O–H groups in total. The van der Waals surface area contributed by atoms with E-state index in [1.54, 1.807) is 13.8 Å². The fourth-order valence-corrected chi connectivity index (χ4v) is 2.88. The highest BCUT2D eigenvalue weighted by Crippen LogP contribution is 2.07. The predicted octanol–water partition coefficient (Wildman–Crippen LogP) is -1.29. The first-order valence-electron chi connectivity index (χ1n) is 10.4. The van der Waals surface area contributed by atoms with Gasteiger partial charge in [0.15, 0.2) is 0 Å². The summed E-state index contributed by atoms with van der Waals surface area (Å²) in [6.07, 6.45) is -2.17. The molecule has 0 aliphatic heterocycles. The molecule has 6 atom stereocenters. The van der Waals surface area contributed by atoms with Crippen LogP contribution >= 0.6 is 0 Å². The molecule has 0 aromatic rings. The average molecular weight is 447 g/mol. The molecule has 0 rings (SSSR count). The second-order valence-corrected chi connectivity index (χ2v) is 8.72. The van der Waals surface area contributed by atoms with E-state index in [0.717, 1.165) is 0 Å². The summed E-state index contributed by atoms with van der Waals surface area (Å²) in [5, 5.41) is 36.1. The maximum Gasteiger partial charge on any atom is 0.326 e. The number of hydrogen-bond acceptors (Lipinski definition) is 7. The van der Waals surface area contributed by atoms with Crippen LogP contribution in [0.5, 0.6) is 0 Å². The van der Waals surface area contributed by atoms with Gasteiger partial charge < -0.3 is 37.0 Å². The second kappa shape index (κ2) is 13.2. The number of nitrogens with one attached hydrogen (secondary N) is 3. The van der Waals surface area contributed by atoms with Crippen molar-refractivity contribution in [2.24, 2.45) is 17.6 Å². The van der Waals surface area contributed by atoms with Crippen molar-refractivity contribution in [1.29, 1.82) is 0 Å². The Hall–Kier alpha value is -2.24. The van der Waals surface area contributed by atoms with Gasteiger partial charge in [0.25, 0.3) is 0 Å². The molecule has 31 heavy (non-hydrogen) atoms. The molecule has 0 bridgehead atoms. The van der Waals surface area contributed by atoms with Crippen LogP contribution in [0.1, 0.15) is 54.4 Å². The van der Waals surface area contributed by atoms with Crippen molar-refractivity contribution in [3.8, 4) is 0 Å². The number of carbonyl (C=O) groups excluding carboxylic acids is 3. The third-order valence-electron chi connectivity index (χ3n) is 4.51. The highest BCUT2D eigenvalue weighted by atomic mass is 16.4. The monoisotopic (exact) mass is 446 g/mol. The van der Waals surface area contributed by atoms with Crippen LogP contribution in [0.2, 0.25) is 0 Å². The molecule has 180 valence electrons. The largest absolute Gasteiger partial charge is 0.480 e. The fraction of sp³-hybridized carbons (Fsp3) is 0.800. The molecule has 6 unspecified atom stereocenters. The molecule has 3 amide bonds. The Kier molecular flexibility index (Phi) is 12.3. The summed E-state index contributed by atoms with van der Waals surface area (Å²) in [6, 6.07) is -5.01. The van der Waals surface area contributed by atoms with E-state index in [9.17, 15) is 34.5 Å². The molecule has 11 heteroatoms. The Morgan fingerprint density at radius 1 is 0.710 bits per heavy atom. The van der Waals surface area contributed by atoms with Crippen LogP contribution in [0.15, 0.2) is 0 Å². The van der Waals surface area contributed by atoms with Gasteiger partial charge in [0.1, 0.15) is 18.1 Å². The smallest absolute Gasteiger partial charge is 0.326 e. The van der Waals surface area contributed by atoms with E-state index in [0.29, 0.717) is 6.42 Å².